The highest BCUT2D eigenvalue weighted by Gasteiger charge is 2.33. The second kappa shape index (κ2) is 6.34. The molecule has 5 nitrogen and oxygen atoms in total. The second-order valence-electron chi connectivity index (χ2n) is 5.79. The van der Waals surface area contributed by atoms with Crippen molar-refractivity contribution in [1.82, 2.24) is 9.88 Å². The van der Waals surface area contributed by atoms with E-state index in [-0.39, 0.29) is 24.5 Å². The molecular weight excluding hydrogens is 280 g/mol. The van der Waals surface area contributed by atoms with Crippen LogP contribution in [0, 0.1) is 5.92 Å². The van der Waals surface area contributed by atoms with Gasteiger partial charge in [-0.05, 0) is 49.2 Å². The number of aliphatic hydroxyl groups excluding tert-OH is 2. The van der Waals surface area contributed by atoms with Crippen molar-refractivity contribution in [3.63, 3.8) is 0 Å². The van der Waals surface area contributed by atoms with Gasteiger partial charge >= 0.3 is 0 Å². The predicted molar refractivity (Wildman–Crippen MR) is 82.8 cm³/mol. The minimum Gasteiger partial charge on any atom is -0.396 e. The molecule has 0 bridgehead atoms. The average molecular weight is 300 g/mol. The zero-order chi connectivity index (χ0) is 15.5. The fourth-order valence-corrected chi connectivity index (χ4v) is 2.98. The van der Waals surface area contributed by atoms with E-state index in [9.17, 15) is 9.90 Å². The van der Waals surface area contributed by atoms with Gasteiger partial charge in [0.2, 0.25) is 0 Å². The summed E-state index contributed by atoms with van der Waals surface area (Å²) < 4.78 is 1.97. The SMILES string of the molecule is O=C(N[C@@H]1C[C@H](CO)[C@H](O)C1)c1ccc(-n2cccc2)cc1. The summed E-state index contributed by atoms with van der Waals surface area (Å²) in [4.78, 5) is 12.2. The molecule has 1 fully saturated rings. The molecule has 1 saturated carbocycles. The van der Waals surface area contributed by atoms with Gasteiger partial charge in [-0.25, -0.2) is 0 Å². The number of amides is 1. The fourth-order valence-electron chi connectivity index (χ4n) is 2.98. The van der Waals surface area contributed by atoms with Crippen LogP contribution in [0.5, 0.6) is 0 Å². The van der Waals surface area contributed by atoms with Crippen LogP contribution in [0.2, 0.25) is 0 Å². The van der Waals surface area contributed by atoms with Gasteiger partial charge in [-0.15, -0.1) is 0 Å². The summed E-state index contributed by atoms with van der Waals surface area (Å²) in [6.07, 6.45) is 4.48. The predicted octanol–water partition coefficient (Wildman–Crippen LogP) is 1.34. The van der Waals surface area contributed by atoms with Crippen LogP contribution in [0.3, 0.4) is 0 Å². The van der Waals surface area contributed by atoms with Gasteiger partial charge in [0.25, 0.3) is 5.91 Å². The van der Waals surface area contributed by atoms with Crippen molar-refractivity contribution >= 4 is 5.91 Å². The largest absolute Gasteiger partial charge is 0.396 e. The molecule has 5 heteroatoms. The summed E-state index contributed by atoms with van der Waals surface area (Å²) in [6.45, 7) is -0.0426. The van der Waals surface area contributed by atoms with Crippen LogP contribution in [-0.2, 0) is 0 Å². The molecule has 3 atom stereocenters. The summed E-state index contributed by atoms with van der Waals surface area (Å²) in [5, 5.41) is 21.8. The lowest BCUT2D eigenvalue weighted by atomic mass is 10.1. The van der Waals surface area contributed by atoms with Crippen LogP contribution >= 0.6 is 0 Å². The highest BCUT2D eigenvalue weighted by atomic mass is 16.3. The highest BCUT2D eigenvalue weighted by molar-refractivity contribution is 5.94. The zero-order valence-corrected chi connectivity index (χ0v) is 12.2. The first kappa shape index (κ1) is 14.8. The van der Waals surface area contributed by atoms with Crippen molar-refractivity contribution in [1.29, 1.82) is 0 Å². The number of carbonyl (C=O) groups is 1. The topological polar surface area (TPSA) is 74.5 Å². The highest BCUT2D eigenvalue weighted by Crippen LogP contribution is 2.26. The molecule has 116 valence electrons. The van der Waals surface area contributed by atoms with E-state index in [1.54, 1.807) is 12.1 Å². The molecule has 3 N–H and O–H groups in total. The van der Waals surface area contributed by atoms with E-state index in [0.717, 1.165) is 5.69 Å². The third-order valence-corrected chi connectivity index (χ3v) is 4.26. The van der Waals surface area contributed by atoms with Gasteiger partial charge in [0.05, 0.1) is 6.10 Å². The third-order valence-electron chi connectivity index (χ3n) is 4.26. The molecule has 0 unspecified atom stereocenters. The monoisotopic (exact) mass is 300 g/mol. The van der Waals surface area contributed by atoms with E-state index in [0.29, 0.717) is 18.4 Å². The van der Waals surface area contributed by atoms with Crippen molar-refractivity contribution in [2.75, 3.05) is 6.61 Å². The average Bonchev–Trinajstić information content (AvgIpc) is 3.17. The van der Waals surface area contributed by atoms with Crippen molar-refractivity contribution in [3.05, 3.63) is 54.4 Å². The van der Waals surface area contributed by atoms with Gasteiger partial charge in [0.1, 0.15) is 0 Å². The molecule has 0 saturated heterocycles. The van der Waals surface area contributed by atoms with Gasteiger partial charge in [-0.2, -0.15) is 0 Å². The third kappa shape index (κ3) is 3.05. The Balaban J connectivity index is 1.63. The Morgan fingerprint density at radius 3 is 2.45 bits per heavy atom. The van der Waals surface area contributed by atoms with Crippen molar-refractivity contribution in [3.8, 4) is 5.69 Å². The Hall–Kier alpha value is -2.11. The van der Waals surface area contributed by atoms with E-state index < -0.39 is 6.10 Å². The normalized spacial score (nSPS) is 24.4. The number of benzene rings is 1. The van der Waals surface area contributed by atoms with Crippen LogP contribution in [0.15, 0.2) is 48.8 Å². The van der Waals surface area contributed by atoms with Gasteiger partial charge in [0, 0.05) is 42.2 Å². The van der Waals surface area contributed by atoms with E-state index in [1.807, 2.05) is 41.2 Å². The number of hydrogen-bond donors (Lipinski definition) is 3. The van der Waals surface area contributed by atoms with Crippen molar-refractivity contribution in [2.45, 2.75) is 25.0 Å². The first-order chi connectivity index (χ1) is 10.7. The molecule has 1 aliphatic carbocycles. The Bertz CT molecular complexity index is 622. The molecule has 22 heavy (non-hydrogen) atoms. The summed E-state index contributed by atoms with van der Waals surface area (Å²) in [7, 11) is 0. The summed E-state index contributed by atoms with van der Waals surface area (Å²) in [5.74, 6) is -0.281. The quantitative estimate of drug-likeness (QED) is 0.797. The minimum atomic E-state index is -0.536. The molecule has 0 spiro atoms. The number of aromatic nitrogens is 1. The standard InChI is InChI=1S/C17H20N2O3/c20-11-13-9-14(10-16(13)21)18-17(22)12-3-5-15(6-4-12)19-7-1-2-8-19/h1-8,13-14,16,20-21H,9-11H2,(H,18,22)/t13-,14-,16-/m1/s1. The maximum absolute atomic E-state index is 12.2. The smallest absolute Gasteiger partial charge is 0.251 e. The van der Waals surface area contributed by atoms with Crippen LogP contribution in [-0.4, -0.2) is 39.4 Å². The summed E-state index contributed by atoms with van der Waals surface area (Å²) >= 11 is 0. The molecule has 3 rings (SSSR count). The van der Waals surface area contributed by atoms with Crippen molar-refractivity contribution in [2.24, 2.45) is 5.92 Å². The lowest BCUT2D eigenvalue weighted by molar-refractivity contribution is 0.0903. The van der Waals surface area contributed by atoms with Gasteiger partial charge in [-0.3, -0.25) is 4.79 Å². The molecular formula is C17H20N2O3. The fraction of sp³-hybridized carbons (Fsp3) is 0.353. The molecule has 2 aromatic rings. The van der Waals surface area contributed by atoms with E-state index in [2.05, 4.69) is 5.32 Å². The number of nitrogens with one attached hydrogen (secondary N) is 1. The van der Waals surface area contributed by atoms with E-state index in [4.69, 9.17) is 5.11 Å². The molecule has 1 heterocycles. The number of aliphatic hydroxyl groups is 2. The maximum atomic E-state index is 12.2. The number of hydrogen-bond acceptors (Lipinski definition) is 3. The van der Waals surface area contributed by atoms with E-state index in [1.165, 1.54) is 0 Å². The zero-order valence-electron chi connectivity index (χ0n) is 12.2. The Morgan fingerprint density at radius 2 is 1.86 bits per heavy atom. The van der Waals surface area contributed by atoms with E-state index >= 15 is 0 Å². The molecule has 1 aliphatic rings. The second-order valence-corrected chi connectivity index (χ2v) is 5.79. The van der Waals surface area contributed by atoms with Crippen molar-refractivity contribution < 1.29 is 15.0 Å². The van der Waals surface area contributed by atoms with Crippen LogP contribution in [0.4, 0.5) is 0 Å². The Kier molecular flexibility index (Phi) is 4.27. The number of carbonyl (C=O) groups excluding carboxylic acids is 1. The Morgan fingerprint density at radius 1 is 1.18 bits per heavy atom. The minimum absolute atomic E-state index is 0.0426. The van der Waals surface area contributed by atoms with Gasteiger partial charge in [-0.1, -0.05) is 0 Å². The first-order valence-corrected chi connectivity index (χ1v) is 7.50. The lowest BCUT2D eigenvalue weighted by Crippen LogP contribution is -2.33. The van der Waals surface area contributed by atoms with Crippen LogP contribution < -0.4 is 5.32 Å². The van der Waals surface area contributed by atoms with Crippen LogP contribution in [0.25, 0.3) is 5.69 Å². The Labute approximate surface area is 129 Å². The molecule has 0 radical (unpaired) electrons. The first-order valence-electron chi connectivity index (χ1n) is 7.50. The molecule has 0 aliphatic heterocycles. The number of nitrogens with zero attached hydrogens (tertiary/aromatic N) is 1. The van der Waals surface area contributed by atoms with Gasteiger partial charge in [0.15, 0.2) is 0 Å². The van der Waals surface area contributed by atoms with Gasteiger partial charge < -0.3 is 20.1 Å². The van der Waals surface area contributed by atoms with Crippen LogP contribution in [0.1, 0.15) is 23.2 Å². The molecule has 1 amide bonds. The number of rotatable bonds is 4. The molecule has 1 aromatic heterocycles. The lowest BCUT2D eigenvalue weighted by Gasteiger charge is -2.13. The summed E-state index contributed by atoms with van der Waals surface area (Å²) in [6, 6.07) is 11.2. The maximum Gasteiger partial charge on any atom is 0.251 e. The molecule has 1 aromatic carbocycles. The summed E-state index contributed by atoms with van der Waals surface area (Å²) in [5.41, 5.74) is 1.59.